The summed E-state index contributed by atoms with van der Waals surface area (Å²) in [5.74, 6) is 3.19. The van der Waals surface area contributed by atoms with Gasteiger partial charge in [-0.15, -0.1) is 0 Å². The molecule has 0 unspecified atom stereocenters. The Morgan fingerprint density at radius 3 is 2.56 bits per heavy atom. The topological polar surface area (TPSA) is 53.6 Å². The Balaban J connectivity index is 1.47. The van der Waals surface area contributed by atoms with Crippen molar-refractivity contribution in [3.05, 3.63) is 53.6 Å². The van der Waals surface area contributed by atoms with Crippen LogP contribution in [0.15, 0.2) is 42.5 Å². The largest absolute Gasteiger partial charge is 0.497 e. The number of anilines is 2. The molecule has 1 heterocycles. The normalized spacial score (nSPS) is 13.9. The van der Waals surface area contributed by atoms with E-state index in [9.17, 15) is 4.79 Å². The molecule has 3 rings (SSSR count). The molecule has 0 radical (unpaired) electrons. The van der Waals surface area contributed by atoms with Gasteiger partial charge in [0.1, 0.15) is 5.75 Å². The van der Waals surface area contributed by atoms with Gasteiger partial charge in [0, 0.05) is 42.5 Å². The van der Waals surface area contributed by atoms with Crippen LogP contribution in [0.2, 0.25) is 0 Å². The van der Waals surface area contributed by atoms with E-state index in [1.807, 2.05) is 48.2 Å². The molecule has 0 bridgehead atoms. The molecule has 2 aromatic carbocycles. The Morgan fingerprint density at radius 2 is 1.89 bits per heavy atom. The van der Waals surface area contributed by atoms with Gasteiger partial charge in [0.2, 0.25) is 0 Å². The highest BCUT2D eigenvalue weighted by Gasteiger charge is 2.13. The average Bonchev–Trinajstić information content (AvgIpc) is 2.69. The molecule has 5 nitrogen and oxygen atoms in total. The summed E-state index contributed by atoms with van der Waals surface area (Å²) < 4.78 is 5.15. The summed E-state index contributed by atoms with van der Waals surface area (Å²) >= 11 is 2.01. The van der Waals surface area contributed by atoms with Crippen molar-refractivity contribution in [3.8, 4) is 5.75 Å². The van der Waals surface area contributed by atoms with Crippen LogP contribution in [0.1, 0.15) is 11.1 Å². The predicted octanol–water partition coefficient (Wildman–Crippen LogP) is 3.92. The molecular formula is C21H27N3O2S. The van der Waals surface area contributed by atoms with Gasteiger partial charge >= 0.3 is 6.03 Å². The molecule has 0 spiro atoms. The number of nitrogens with one attached hydrogen (secondary N) is 2. The number of rotatable bonds is 6. The molecule has 1 aliphatic heterocycles. The summed E-state index contributed by atoms with van der Waals surface area (Å²) in [5, 5.41) is 5.84. The zero-order chi connectivity index (χ0) is 19.1. The number of methoxy groups -OCH3 is 1. The average molecular weight is 386 g/mol. The van der Waals surface area contributed by atoms with Gasteiger partial charge in [-0.3, -0.25) is 0 Å². The van der Waals surface area contributed by atoms with E-state index in [-0.39, 0.29) is 6.03 Å². The fraction of sp³-hybridized carbons (Fsp3) is 0.381. The highest BCUT2D eigenvalue weighted by molar-refractivity contribution is 7.99. The summed E-state index contributed by atoms with van der Waals surface area (Å²) in [7, 11) is 1.65. The maximum atomic E-state index is 12.1. The maximum absolute atomic E-state index is 12.1. The second kappa shape index (κ2) is 9.55. The number of ether oxygens (including phenoxy) is 1. The number of carbonyl (C=O) groups is 1. The first-order valence-corrected chi connectivity index (χ1v) is 10.4. The lowest BCUT2D eigenvalue weighted by Gasteiger charge is -2.30. The second-order valence-electron chi connectivity index (χ2n) is 6.58. The van der Waals surface area contributed by atoms with Crippen LogP contribution in [0.3, 0.4) is 0 Å². The van der Waals surface area contributed by atoms with Crippen LogP contribution >= 0.6 is 11.8 Å². The van der Waals surface area contributed by atoms with E-state index < -0.39 is 0 Å². The summed E-state index contributed by atoms with van der Waals surface area (Å²) in [5.41, 5.74) is 4.44. The van der Waals surface area contributed by atoms with Crippen LogP contribution in [0.4, 0.5) is 16.2 Å². The van der Waals surface area contributed by atoms with Crippen LogP contribution in [0.5, 0.6) is 5.75 Å². The first kappa shape index (κ1) is 19.4. The van der Waals surface area contributed by atoms with Gasteiger partial charge in [-0.1, -0.05) is 12.1 Å². The molecule has 0 saturated carbocycles. The predicted molar refractivity (Wildman–Crippen MR) is 114 cm³/mol. The molecule has 1 saturated heterocycles. The third-order valence-corrected chi connectivity index (χ3v) is 5.61. The second-order valence-corrected chi connectivity index (χ2v) is 7.80. The first-order chi connectivity index (χ1) is 13.2. The van der Waals surface area contributed by atoms with Gasteiger partial charge in [-0.05, 0) is 54.8 Å². The molecule has 2 amide bonds. The van der Waals surface area contributed by atoms with Crippen LogP contribution in [0.25, 0.3) is 0 Å². The van der Waals surface area contributed by atoms with E-state index in [0.29, 0.717) is 6.54 Å². The minimum Gasteiger partial charge on any atom is -0.497 e. The summed E-state index contributed by atoms with van der Waals surface area (Å²) in [4.78, 5) is 14.6. The van der Waals surface area contributed by atoms with E-state index in [2.05, 4.69) is 28.5 Å². The Morgan fingerprint density at radius 1 is 1.15 bits per heavy atom. The van der Waals surface area contributed by atoms with E-state index in [1.54, 1.807) is 7.11 Å². The number of nitrogens with zero attached hydrogens (tertiary/aromatic N) is 1. The molecule has 2 N–H and O–H groups in total. The molecule has 144 valence electrons. The van der Waals surface area contributed by atoms with Crippen molar-refractivity contribution in [2.75, 3.05) is 48.5 Å². The number of hydrogen-bond donors (Lipinski definition) is 2. The molecule has 2 aromatic rings. The monoisotopic (exact) mass is 385 g/mol. The zero-order valence-corrected chi connectivity index (χ0v) is 16.8. The number of aryl methyl sites for hydroxylation is 1. The Bertz CT molecular complexity index is 759. The quantitative estimate of drug-likeness (QED) is 0.791. The smallest absolute Gasteiger partial charge is 0.319 e. The molecule has 0 atom stereocenters. The van der Waals surface area contributed by atoms with Crippen molar-refractivity contribution in [1.29, 1.82) is 0 Å². The Labute approximate surface area is 165 Å². The van der Waals surface area contributed by atoms with Crippen molar-refractivity contribution < 1.29 is 9.53 Å². The van der Waals surface area contributed by atoms with Gasteiger partial charge in [-0.25, -0.2) is 4.79 Å². The fourth-order valence-electron chi connectivity index (χ4n) is 3.18. The molecular weight excluding hydrogens is 358 g/mol. The Kier molecular flexibility index (Phi) is 6.87. The van der Waals surface area contributed by atoms with E-state index in [0.717, 1.165) is 36.5 Å². The number of urea groups is 1. The minimum atomic E-state index is -0.176. The van der Waals surface area contributed by atoms with Gasteiger partial charge in [0.05, 0.1) is 7.11 Å². The molecule has 6 heteroatoms. The number of amides is 2. The molecule has 0 aromatic heterocycles. The molecule has 27 heavy (non-hydrogen) atoms. The first-order valence-electron chi connectivity index (χ1n) is 9.27. The number of hydrogen-bond acceptors (Lipinski definition) is 4. The lowest BCUT2D eigenvalue weighted by molar-refractivity contribution is 0.252. The third kappa shape index (κ3) is 5.57. The zero-order valence-electron chi connectivity index (χ0n) is 16.0. The van der Waals surface area contributed by atoms with E-state index in [4.69, 9.17) is 4.74 Å². The van der Waals surface area contributed by atoms with Crippen molar-refractivity contribution in [1.82, 2.24) is 5.32 Å². The highest BCUT2D eigenvalue weighted by atomic mass is 32.2. The summed E-state index contributed by atoms with van der Waals surface area (Å²) in [6.07, 6.45) is 0.780. The number of benzene rings is 2. The molecule has 1 fully saturated rings. The fourth-order valence-corrected chi connectivity index (χ4v) is 4.08. The summed E-state index contributed by atoms with van der Waals surface area (Å²) in [6, 6.07) is 13.8. The third-order valence-electron chi connectivity index (χ3n) is 4.66. The van der Waals surface area contributed by atoms with E-state index in [1.165, 1.54) is 22.8 Å². The SMILES string of the molecule is COc1ccc(CCNC(=O)Nc2ccc(N3CCSCC3)c(C)c2)cc1. The van der Waals surface area contributed by atoms with Crippen molar-refractivity contribution >= 4 is 29.2 Å². The standard InChI is InChI=1S/C21H27N3O2S/c1-16-15-18(5-8-20(16)24-11-13-27-14-12-24)23-21(25)22-10-9-17-3-6-19(26-2)7-4-17/h3-8,15H,9-14H2,1-2H3,(H2,22,23,25). The van der Waals surface area contributed by atoms with Crippen molar-refractivity contribution in [3.63, 3.8) is 0 Å². The van der Waals surface area contributed by atoms with Crippen molar-refractivity contribution in [2.24, 2.45) is 0 Å². The van der Waals surface area contributed by atoms with Crippen LogP contribution in [-0.2, 0) is 6.42 Å². The van der Waals surface area contributed by atoms with Crippen LogP contribution in [0, 0.1) is 6.92 Å². The van der Waals surface area contributed by atoms with Gasteiger partial charge in [0.15, 0.2) is 0 Å². The minimum absolute atomic E-state index is 0.176. The van der Waals surface area contributed by atoms with Crippen molar-refractivity contribution in [2.45, 2.75) is 13.3 Å². The number of thioether (sulfide) groups is 1. The lowest BCUT2D eigenvalue weighted by atomic mass is 10.1. The summed E-state index contributed by atoms with van der Waals surface area (Å²) in [6.45, 7) is 4.86. The van der Waals surface area contributed by atoms with Gasteiger partial charge < -0.3 is 20.3 Å². The Hall–Kier alpha value is -2.34. The van der Waals surface area contributed by atoms with E-state index >= 15 is 0 Å². The lowest BCUT2D eigenvalue weighted by Crippen LogP contribution is -2.33. The van der Waals surface area contributed by atoms with Gasteiger partial charge in [-0.2, -0.15) is 11.8 Å². The molecule has 1 aliphatic rings. The van der Waals surface area contributed by atoms with Gasteiger partial charge in [0.25, 0.3) is 0 Å². The van der Waals surface area contributed by atoms with Crippen LogP contribution in [-0.4, -0.2) is 44.3 Å². The number of carbonyl (C=O) groups excluding carboxylic acids is 1. The maximum Gasteiger partial charge on any atom is 0.319 e. The molecule has 0 aliphatic carbocycles. The highest BCUT2D eigenvalue weighted by Crippen LogP contribution is 2.26. The van der Waals surface area contributed by atoms with Crippen LogP contribution < -0.4 is 20.3 Å².